The number of benzene rings is 1. The van der Waals surface area contributed by atoms with Gasteiger partial charge in [-0.2, -0.15) is 0 Å². The van der Waals surface area contributed by atoms with Gasteiger partial charge in [0.15, 0.2) is 17.6 Å². The lowest BCUT2D eigenvalue weighted by Crippen LogP contribution is -2.13. The standard InChI is InChI=1S/C16H18O6/c1-20-21-9-5-8-13-15(18)14(16(19)22-13)12(17)10-11-6-3-2-4-7-11/h2-4,6-7,13,18H,5,8-10H2,1H3. The molecule has 1 unspecified atom stereocenters. The van der Waals surface area contributed by atoms with Gasteiger partial charge in [0.2, 0.25) is 0 Å². The topological polar surface area (TPSA) is 82.1 Å². The average molecular weight is 306 g/mol. The van der Waals surface area contributed by atoms with E-state index in [1.54, 1.807) is 12.1 Å². The number of hydrogen-bond acceptors (Lipinski definition) is 6. The highest BCUT2D eigenvalue weighted by Gasteiger charge is 2.37. The second-order valence-corrected chi connectivity index (χ2v) is 4.87. The molecule has 6 heteroatoms. The zero-order valence-electron chi connectivity index (χ0n) is 12.3. The molecule has 1 aromatic rings. The van der Waals surface area contributed by atoms with Gasteiger partial charge in [-0.05, 0) is 18.4 Å². The fraction of sp³-hybridized carbons (Fsp3) is 0.375. The van der Waals surface area contributed by atoms with Crippen LogP contribution in [0, 0.1) is 0 Å². The lowest BCUT2D eigenvalue weighted by Gasteiger charge is -2.09. The summed E-state index contributed by atoms with van der Waals surface area (Å²) in [6.07, 6.45) is 0.149. The van der Waals surface area contributed by atoms with Crippen LogP contribution < -0.4 is 0 Å². The fourth-order valence-corrected chi connectivity index (χ4v) is 2.24. The minimum absolute atomic E-state index is 0.0504. The van der Waals surface area contributed by atoms with Crippen molar-refractivity contribution in [2.75, 3.05) is 13.7 Å². The number of aliphatic hydroxyl groups excluding tert-OH is 1. The normalized spacial score (nSPS) is 17.7. The molecule has 1 aromatic carbocycles. The SMILES string of the molecule is COOCCCC1OC(=O)C(C(=O)Cc2ccccc2)=C1O. The second kappa shape index (κ2) is 7.72. The van der Waals surface area contributed by atoms with Crippen LogP contribution in [0.1, 0.15) is 18.4 Å². The number of ether oxygens (including phenoxy) is 1. The van der Waals surface area contributed by atoms with E-state index in [4.69, 9.17) is 9.62 Å². The zero-order valence-corrected chi connectivity index (χ0v) is 12.3. The second-order valence-electron chi connectivity index (χ2n) is 4.87. The first kappa shape index (κ1) is 16.2. The number of aliphatic hydroxyl groups is 1. The number of Topliss-reactive ketones (excluding diaryl/α,β-unsaturated/α-hetero) is 1. The average Bonchev–Trinajstić information content (AvgIpc) is 2.79. The van der Waals surface area contributed by atoms with Crippen molar-refractivity contribution in [3.8, 4) is 0 Å². The molecule has 0 saturated carbocycles. The van der Waals surface area contributed by atoms with Crippen molar-refractivity contribution in [3.63, 3.8) is 0 Å². The summed E-state index contributed by atoms with van der Waals surface area (Å²) < 4.78 is 5.05. The summed E-state index contributed by atoms with van der Waals surface area (Å²) in [5, 5.41) is 10.1. The lowest BCUT2D eigenvalue weighted by molar-refractivity contribution is -0.273. The first-order valence-electron chi connectivity index (χ1n) is 7.00. The van der Waals surface area contributed by atoms with Crippen molar-refractivity contribution in [1.29, 1.82) is 0 Å². The molecule has 2 rings (SSSR count). The van der Waals surface area contributed by atoms with E-state index in [9.17, 15) is 14.7 Å². The minimum atomic E-state index is -0.789. The summed E-state index contributed by atoms with van der Waals surface area (Å²) in [4.78, 5) is 33.1. The zero-order chi connectivity index (χ0) is 15.9. The van der Waals surface area contributed by atoms with Crippen LogP contribution in [0.3, 0.4) is 0 Å². The van der Waals surface area contributed by atoms with Crippen molar-refractivity contribution in [2.24, 2.45) is 0 Å². The Morgan fingerprint density at radius 3 is 2.73 bits per heavy atom. The molecule has 1 heterocycles. The highest BCUT2D eigenvalue weighted by Crippen LogP contribution is 2.25. The van der Waals surface area contributed by atoms with Gasteiger partial charge in [-0.1, -0.05) is 30.3 Å². The van der Waals surface area contributed by atoms with E-state index < -0.39 is 17.9 Å². The first-order chi connectivity index (χ1) is 10.6. The van der Waals surface area contributed by atoms with Crippen LogP contribution in [0.2, 0.25) is 0 Å². The third-order valence-electron chi connectivity index (χ3n) is 3.31. The summed E-state index contributed by atoms with van der Waals surface area (Å²) in [5.41, 5.74) is 0.527. The molecule has 0 aliphatic carbocycles. The van der Waals surface area contributed by atoms with Gasteiger partial charge in [0.1, 0.15) is 5.57 Å². The van der Waals surface area contributed by atoms with Crippen LogP contribution in [-0.4, -0.2) is 36.7 Å². The van der Waals surface area contributed by atoms with E-state index in [-0.39, 0.29) is 17.8 Å². The van der Waals surface area contributed by atoms with Gasteiger partial charge in [0.25, 0.3) is 0 Å². The molecule has 0 fully saturated rings. The van der Waals surface area contributed by atoms with Crippen LogP contribution in [0.5, 0.6) is 0 Å². The number of rotatable bonds is 8. The minimum Gasteiger partial charge on any atom is -0.507 e. The number of carbonyl (C=O) groups is 2. The van der Waals surface area contributed by atoms with Crippen molar-refractivity contribution < 1.29 is 29.2 Å². The van der Waals surface area contributed by atoms with Gasteiger partial charge in [-0.15, -0.1) is 0 Å². The van der Waals surface area contributed by atoms with Crippen molar-refractivity contribution >= 4 is 11.8 Å². The van der Waals surface area contributed by atoms with Crippen LogP contribution in [0.4, 0.5) is 0 Å². The van der Waals surface area contributed by atoms with Gasteiger partial charge in [0, 0.05) is 6.42 Å². The highest BCUT2D eigenvalue weighted by molar-refractivity contribution is 6.19. The van der Waals surface area contributed by atoms with E-state index in [1.807, 2.05) is 18.2 Å². The molecular formula is C16H18O6. The quantitative estimate of drug-likeness (QED) is 0.260. The maximum Gasteiger partial charge on any atom is 0.346 e. The molecule has 118 valence electrons. The molecule has 1 aliphatic rings. The maximum absolute atomic E-state index is 12.2. The van der Waals surface area contributed by atoms with Gasteiger partial charge >= 0.3 is 5.97 Å². The Bertz CT molecular complexity index is 563. The Kier molecular flexibility index (Phi) is 5.68. The fourth-order valence-electron chi connectivity index (χ4n) is 2.24. The Balaban J connectivity index is 2.00. The van der Waals surface area contributed by atoms with Crippen molar-refractivity contribution in [1.82, 2.24) is 0 Å². The lowest BCUT2D eigenvalue weighted by atomic mass is 10.0. The monoisotopic (exact) mass is 306 g/mol. The molecule has 0 saturated heterocycles. The van der Waals surface area contributed by atoms with Gasteiger partial charge in [-0.25, -0.2) is 14.6 Å². The largest absolute Gasteiger partial charge is 0.507 e. The van der Waals surface area contributed by atoms with Crippen molar-refractivity contribution in [2.45, 2.75) is 25.4 Å². The third kappa shape index (κ3) is 3.93. The molecule has 0 radical (unpaired) electrons. The number of esters is 1. The molecule has 1 atom stereocenters. The Hall–Kier alpha value is -2.18. The third-order valence-corrected chi connectivity index (χ3v) is 3.31. The highest BCUT2D eigenvalue weighted by atomic mass is 17.2. The molecule has 0 aromatic heterocycles. The predicted octanol–water partition coefficient (Wildman–Crippen LogP) is 1.89. The van der Waals surface area contributed by atoms with Gasteiger partial charge in [-0.3, -0.25) is 4.79 Å². The maximum atomic E-state index is 12.2. The first-order valence-corrected chi connectivity index (χ1v) is 7.00. The van der Waals surface area contributed by atoms with E-state index in [0.29, 0.717) is 19.4 Å². The summed E-state index contributed by atoms with van der Waals surface area (Å²) in [6.45, 7) is 0.311. The number of carbonyl (C=O) groups excluding carboxylic acids is 2. The smallest absolute Gasteiger partial charge is 0.346 e. The molecule has 1 N–H and O–H groups in total. The molecule has 0 spiro atoms. The summed E-state index contributed by atoms with van der Waals surface area (Å²) in [5.74, 6) is -1.50. The van der Waals surface area contributed by atoms with Crippen LogP contribution >= 0.6 is 0 Å². The van der Waals surface area contributed by atoms with E-state index in [0.717, 1.165) is 5.56 Å². The molecule has 0 amide bonds. The molecular weight excluding hydrogens is 288 g/mol. The van der Waals surface area contributed by atoms with Gasteiger partial charge in [0.05, 0.1) is 13.7 Å². The summed E-state index contributed by atoms with van der Waals surface area (Å²) in [6, 6.07) is 9.03. The van der Waals surface area contributed by atoms with E-state index >= 15 is 0 Å². The van der Waals surface area contributed by atoms with Crippen LogP contribution in [-0.2, 0) is 30.5 Å². The summed E-state index contributed by atoms with van der Waals surface area (Å²) in [7, 11) is 1.40. The molecule has 22 heavy (non-hydrogen) atoms. The Morgan fingerprint density at radius 2 is 2.05 bits per heavy atom. The number of hydrogen-bond donors (Lipinski definition) is 1. The molecule has 0 bridgehead atoms. The summed E-state index contributed by atoms with van der Waals surface area (Å²) >= 11 is 0. The Labute approximate surface area is 128 Å². The van der Waals surface area contributed by atoms with E-state index in [1.165, 1.54) is 7.11 Å². The van der Waals surface area contributed by atoms with Crippen LogP contribution in [0.15, 0.2) is 41.7 Å². The van der Waals surface area contributed by atoms with E-state index in [2.05, 4.69) is 4.89 Å². The van der Waals surface area contributed by atoms with Gasteiger partial charge < -0.3 is 9.84 Å². The van der Waals surface area contributed by atoms with Crippen LogP contribution in [0.25, 0.3) is 0 Å². The molecule has 1 aliphatic heterocycles. The Morgan fingerprint density at radius 1 is 1.32 bits per heavy atom. The number of cyclic esters (lactones) is 1. The predicted molar refractivity (Wildman–Crippen MR) is 76.9 cm³/mol. The molecule has 6 nitrogen and oxygen atoms in total. The van der Waals surface area contributed by atoms with Crippen molar-refractivity contribution in [3.05, 3.63) is 47.2 Å². The number of ketones is 1.